The summed E-state index contributed by atoms with van der Waals surface area (Å²) in [5, 5.41) is 11.7. The maximum absolute atomic E-state index is 13.5. The van der Waals surface area contributed by atoms with Gasteiger partial charge in [0, 0.05) is 17.0 Å². The predicted molar refractivity (Wildman–Crippen MR) is 129 cm³/mol. The summed E-state index contributed by atoms with van der Waals surface area (Å²) in [4.78, 5) is 12.7. The maximum atomic E-state index is 13.5. The highest BCUT2D eigenvalue weighted by Crippen LogP contribution is 2.31. The normalized spacial score (nSPS) is 11.5. The van der Waals surface area contributed by atoms with Gasteiger partial charge in [0.25, 0.3) is 5.91 Å². The van der Waals surface area contributed by atoms with Crippen molar-refractivity contribution in [3.05, 3.63) is 106 Å². The first-order valence-corrected chi connectivity index (χ1v) is 11.9. The summed E-state index contributed by atoms with van der Waals surface area (Å²) in [7, 11) is 0. The molecule has 4 rings (SSSR count). The molecule has 0 radical (unpaired) electrons. The molecule has 0 saturated carbocycles. The Balaban J connectivity index is 1.54. The number of nitrogens with zero attached hydrogens (tertiary/aromatic N) is 3. The SMILES string of the molecule is Cc1ccc(C(=O)NCc2nnc(SCc3ccc(C(F)(F)F)cc3)n2-c2ccc(F)cc2)cc1C. The number of nitrogens with one attached hydrogen (secondary N) is 1. The summed E-state index contributed by atoms with van der Waals surface area (Å²) in [6, 6.07) is 16.1. The van der Waals surface area contributed by atoms with Crippen LogP contribution in [-0.4, -0.2) is 20.7 Å². The van der Waals surface area contributed by atoms with E-state index in [4.69, 9.17) is 0 Å². The Bertz CT molecular complexity index is 1370. The molecule has 0 atom stereocenters. The molecule has 10 heteroatoms. The van der Waals surface area contributed by atoms with Gasteiger partial charge < -0.3 is 5.32 Å². The van der Waals surface area contributed by atoms with Crippen LogP contribution in [0.4, 0.5) is 17.6 Å². The Morgan fingerprint density at radius 2 is 1.64 bits per heavy atom. The number of benzene rings is 3. The van der Waals surface area contributed by atoms with E-state index in [1.807, 2.05) is 19.9 Å². The minimum Gasteiger partial charge on any atom is -0.345 e. The molecule has 0 fully saturated rings. The number of carbonyl (C=O) groups is 1. The number of thioether (sulfide) groups is 1. The maximum Gasteiger partial charge on any atom is 0.416 e. The van der Waals surface area contributed by atoms with Crippen molar-refractivity contribution in [2.45, 2.75) is 37.5 Å². The van der Waals surface area contributed by atoms with Crippen LogP contribution < -0.4 is 5.32 Å². The van der Waals surface area contributed by atoms with Crippen LogP contribution in [0, 0.1) is 19.7 Å². The third-order valence-electron chi connectivity index (χ3n) is 5.61. The van der Waals surface area contributed by atoms with E-state index in [2.05, 4.69) is 15.5 Å². The first-order chi connectivity index (χ1) is 17.1. The molecule has 0 aliphatic heterocycles. The van der Waals surface area contributed by atoms with Gasteiger partial charge in [-0.15, -0.1) is 10.2 Å². The second-order valence-corrected chi connectivity index (χ2v) is 9.12. The van der Waals surface area contributed by atoms with Crippen LogP contribution in [0.1, 0.15) is 38.4 Å². The molecule has 0 spiro atoms. The lowest BCUT2D eigenvalue weighted by atomic mass is 10.1. The minimum atomic E-state index is -4.40. The van der Waals surface area contributed by atoms with Gasteiger partial charge in [-0.1, -0.05) is 30.0 Å². The quantitative estimate of drug-likeness (QED) is 0.234. The van der Waals surface area contributed by atoms with Gasteiger partial charge in [-0.2, -0.15) is 13.2 Å². The second-order valence-electron chi connectivity index (χ2n) is 8.18. The zero-order valence-electron chi connectivity index (χ0n) is 19.4. The van der Waals surface area contributed by atoms with Crippen molar-refractivity contribution in [3.63, 3.8) is 0 Å². The van der Waals surface area contributed by atoms with E-state index in [0.29, 0.717) is 33.5 Å². The van der Waals surface area contributed by atoms with Crippen LogP contribution in [0.2, 0.25) is 0 Å². The smallest absolute Gasteiger partial charge is 0.345 e. The highest BCUT2D eigenvalue weighted by atomic mass is 32.2. The van der Waals surface area contributed by atoms with Crippen molar-refractivity contribution in [1.82, 2.24) is 20.1 Å². The highest BCUT2D eigenvalue weighted by Gasteiger charge is 2.30. The van der Waals surface area contributed by atoms with Crippen LogP contribution in [0.15, 0.2) is 71.9 Å². The minimum absolute atomic E-state index is 0.0664. The number of hydrogen-bond acceptors (Lipinski definition) is 4. The molecule has 1 N–H and O–H groups in total. The predicted octanol–water partition coefficient (Wildman–Crippen LogP) is 6.26. The Morgan fingerprint density at radius 1 is 0.944 bits per heavy atom. The first-order valence-electron chi connectivity index (χ1n) is 11.0. The molecule has 4 aromatic rings. The van der Waals surface area contributed by atoms with E-state index in [0.717, 1.165) is 23.3 Å². The monoisotopic (exact) mass is 514 g/mol. The molecule has 3 aromatic carbocycles. The summed E-state index contributed by atoms with van der Waals surface area (Å²) >= 11 is 1.27. The van der Waals surface area contributed by atoms with E-state index in [9.17, 15) is 22.4 Å². The summed E-state index contributed by atoms with van der Waals surface area (Å²) in [5.74, 6) is 0.0849. The summed E-state index contributed by atoms with van der Waals surface area (Å²) in [5.41, 5.74) is 3.14. The number of rotatable bonds is 7. The van der Waals surface area contributed by atoms with Gasteiger partial charge in [0.15, 0.2) is 11.0 Å². The standard InChI is InChI=1S/C26H22F4N4OS/c1-16-3-6-19(13-17(16)2)24(35)31-14-23-32-33-25(34(23)22-11-9-21(27)10-12-22)36-15-18-4-7-20(8-5-18)26(28,29)30/h3-13H,14-15H2,1-2H3,(H,31,35). The van der Waals surface area contributed by atoms with E-state index in [1.165, 1.54) is 36.0 Å². The van der Waals surface area contributed by atoms with Crippen LogP contribution >= 0.6 is 11.8 Å². The molecule has 1 aromatic heterocycles. The summed E-state index contributed by atoms with van der Waals surface area (Å²) in [6.07, 6.45) is -4.40. The topological polar surface area (TPSA) is 59.8 Å². The van der Waals surface area contributed by atoms with E-state index in [-0.39, 0.29) is 12.5 Å². The summed E-state index contributed by atoms with van der Waals surface area (Å²) in [6.45, 7) is 3.96. The van der Waals surface area contributed by atoms with E-state index < -0.39 is 17.6 Å². The van der Waals surface area contributed by atoms with Crippen LogP contribution in [0.3, 0.4) is 0 Å². The van der Waals surface area contributed by atoms with E-state index >= 15 is 0 Å². The first kappa shape index (κ1) is 25.4. The van der Waals surface area contributed by atoms with Gasteiger partial charge in [-0.05, 0) is 79.1 Å². The van der Waals surface area contributed by atoms with Crippen molar-refractivity contribution >= 4 is 17.7 Å². The van der Waals surface area contributed by atoms with Gasteiger partial charge in [-0.25, -0.2) is 4.39 Å². The number of carbonyl (C=O) groups excluding carboxylic acids is 1. The number of amides is 1. The average molecular weight is 515 g/mol. The largest absolute Gasteiger partial charge is 0.416 e. The molecular weight excluding hydrogens is 492 g/mol. The third-order valence-corrected chi connectivity index (χ3v) is 6.61. The van der Waals surface area contributed by atoms with Crippen LogP contribution in [-0.2, 0) is 18.5 Å². The highest BCUT2D eigenvalue weighted by molar-refractivity contribution is 7.98. The fraction of sp³-hybridized carbons (Fsp3) is 0.192. The third kappa shape index (κ3) is 5.93. The van der Waals surface area contributed by atoms with Crippen molar-refractivity contribution in [3.8, 4) is 5.69 Å². The molecule has 0 saturated heterocycles. The molecule has 0 aliphatic rings. The van der Waals surface area contributed by atoms with E-state index in [1.54, 1.807) is 28.8 Å². The van der Waals surface area contributed by atoms with Crippen LogP contribution in [0.5, 0.6) is 0 Å². The Hall–Kier alpha value is -3.66. The average Bonchev–Trinajstić information content (AvgIpc) is 3.26. The molecule has 1 amide bonds. The lowest BCUT2D eigenvalue weighted by molar-refractivity contribution is -0.137. The van der Waals surface area contributed by atoms with Gasteiger partial charge >= 0.3 is 6.18 Å². The zero-order chi connectivity index (χ0) is 25.9. The number of aromatic nitrogens is 3. The van der Waals surface area contributed by atoms with Crippen molar-refractivity contribution in [2.24, 2.45) is 0 Å². The van der Waals surface area contributed by atoms with Gasteiger partial charge in [0.2, 0.25) is 0 Å². The number of aryl methyl sites for hydroxylation is 2. The fourth-order valence-electron chi connectivity index (χ4n) is 3.44. The molecule has 1 heterocycles. The van der Waals surface area contributed by atoms with Crippen molar-refractivity contribution in [1.29, 1.82) is 0 Å². The molecule has 0 aliphatic carbocycles. The van der Waals surface area contributed by atoms with Crippen molar-refractivity contribution < 1.29 is 22.4 Å². The number of halogens is 4. The zero-order valence-corrected chi connectivity index (χ0v) is 20.3. The molecule has 36 heavy (non-hydrogen) atoms. The molecule has 0 bridgehead atoms. The Morgan fingerprint density at radius 3 is 2.28 bits per heavy atom. The van der Waals surface area contributed by atoms with Crippen molar-refractivity contribution in [2.75, 3.05) is 0 Å². The molecule has 5 nitrogen and oxygen atoms in total. The number of alkyl halides is 3. The Kier molecular flexibility index (Phi) is 7.44. The Labute approximate surface area is 209 Å². The molecule has 0 unspecified atom stereocenters. The second kappa shape index (κ2) is 10.5. The van der Waals surface area contributed by atoms with Gasteiger partial charge in [0.1, 0.15) is 5.82 Å². The fourth-order valence-corrected chi connectivity index (χ4v) is 4.37. The summed E-state index contributed by atoms with van der Waals surface area (Å²) < 4.78 is 53.7. The molecule has 186 valence electrons. The van der Waals surface area contributed by atoms with Gasteiger partial charge in [-0.3, -0.25) is 9.36 Å². The van der Waals surface area contributed by atoms with Gasteiger partial charge in [0.05, 0.1) is 12.1 Å². The lowest BCUT2D eigenvalue weighted by Gasteiger charge is -2.12. The lowest BCUT2D eigenvalue weighted by Crippen LogP contribution is -2.24. The number of hydrogen-bond donors (Lipinski definition) is 1. The molecular formula is C26H22F4N4OS. The van der Waals surface area contributed by atoms with Crippen LogP contribution in [0.25, 0.3) is 5.69 Å².